The van der Waals surface area contributed by atoms with Crippen molar-refractivity contribution in [3.05, 3.63) is 64.1 Å². The highest BCUT2D eigenvalue weighted by Crippen LogP contribution is 2.26. The van der Waals surface area contributed by atoms with Crippen molar-refractivity contribution in [1.29, 1.82) is 0 Å². The van der Waals surface area contributed by atoms with E-state index in [2.05, 4.69) is 36.4 Å². The first-order valence-corrected chi connectivity index (χ1v) is 12.1. The number of nitrogens with zero attached hydrogens (tertiary/aromatic N) is 5. The summed E-state index contributed by atoms with van der Waals surface area (Å²) in [5.41, 5.74) is 4.29. The van der Waals surface area contributed by atoms with Crippen LogP contribution in [-0.2, 0) is 10.1 Å². The lowest BCUT2D eigenvalue weighted by Crippen LogP contribution is -2.17. The molecule has 1 N–H and O–H groups in total. The lowest BCUT2D eigenvalue weighted by atomic mass is 10.2. The monoisotopic (exact) mass is 532 g/mol. The maximum Gasteiger partial charge on any atom is 0.339 e. The van der Waals surface area contributed by atoms with Crippen molar-refractivity contribution >= 4 is 49.8 Å². The SMILES string of the molecule is Cc1ccc(S(=O)(=O)Oc2ccc(Br)cc2/C=N\Nc2cc(N(C)C)nc(N(C)C)n2)cc1. The van der Waals surface area contributed by atoms with E-state index in [0.717, 1.165) is 10.0 Å². The van der Waals surface area contributed by atoms with Crippen molar-refractivity contribution < 1.29 is 12.6 Å². The Hall–Kier alpha value is -3.18. The van der Waals surface area contributed by atoms with Gasteiger partial charge in [-0.3, -0.25) is 5.43 Å². The number of hydrogen-bond acceptors (Lipinski definition) is 9. The normalized spacial score (nSPS) is 11.5. The molecule has 0 aliphatic carbocycles. The first kappa shape index (κ1) is 24.5. The van der Waals surface area contributed by atoms with Crippen LogP contribution in [0.3, 0.4) is 0 Å². The summed E-state index contributed by atoms with van der Waals surface area (Å²) in [6.45, 7) is 1.88. The topological polar surface area (TPSA) is 100 Å². The highest BCUT2D eigenvalue weighted by Gasteiger charge is 2.18. The minimum absolute atomic E-state index is 0.0745. The Labute approximate surface area is 202 Å². The predicted molar refractivity (Wildman–Crippen MR) is 135 cm³/mol. The fraction of sp³-hybridized carbons (Fsp3) is 0.227. The van der Waals surface area contributed by atoms with Crippen LogP contribution in [0.4, 0.5) is 17.6 Å². The molecule has 0 spiro atoms. The third kappa shape index (κ3) is 6.42. The van der Waals surface area contributed by atoms with Gasteiger partial charge in [-0.05, 0) is 37.3 Å². The summed E-state index contributed by atoms with van der Waals surface area (Å²) in [4.78, 5) is 12.6. The molecule has 33 heavy (non-hydrogen) atoms. The first-order chi connectivity index (χ1) is 15.5. The summed E-state index contributed by atoms with van der Waals surface area (Å²) in [5.74, 6) is 1.87. The molecule has 3 aromatic rings. The average molecular weight is 533 g/mol. The quantitative estimate of drug-likeness (QED) is 0.265. The van der Waals surface area contributed by atoms with Crippen molar-refractivity contribution in [2.24, 2.45) is 5.10 Å². The third-order valence-corrected chi connectivity index (χ3v) is 6.16. The van der Waals surface area contributed by atoms with E-state index in [1.807, 2.05) is 40.0 Å². The number of anilines is 3. The third-order valence-electron chi connectivity index (χ3n) is 4.42. The summed E-state index contributed by atoms with van der Waals surface area (Å²) < 4.78 is 31.6. The highest BCUT2D eigenvalue weighted by atomic mass is 79.9. The molecule has 0 fully saturated rings. The number of aromatic nitrogens is 2. The fourth-order valence-corrected chi connectivity index (χ4v) is 3.98. The van der Waals surface area contributed by atoms with Crippen molar-refractivity contribution in [2.45, 2.75) is 11.8 Å². The molecule has 0 amide bonds. The van der Waals surface area contributed by atoms with Gasteiger partial charge >= 0.3 is 10.1 Å². The molecule has 0 atom stereocenters. The molecule has 0 saturated carbocycles. The Morgan fingerprint density at radius 3 is 2.33 bits per heavy atom. The minimum atomic E-state index is -4.00. The van der Waals surface area contributed by atoms with Gasteiger partial charge in [0.05, 0.1) is 6.21 Å². The first-order valence-electron chi connectivity index (χ1n) is 9.88. The van der Waals surface area contributed by atoms with Crippen LogP contribution in [0.2, 0.25) is 0 Å². The second-order valence-electron chi connectivity index (χ2n) is 7.60. The predicted octanol–water partition coefficient (Wildman–Crippen LogP) is 3.89. The van der Waals surface area contributed by atoms with Gasteiger partial charge in [-0.1, -0.05) is 33.6 Å². The van der Waals surface area contributed by atoms with E-state index in [1.54, 1.807) is 41.3 Å². The van der Waals surface area contributed by atoms with E-state index < -0.39 is 10.1 Å². The average Bonchev–Trinajstić information content (AvgIpc) is 2.75. The summed E-state index contributed by atoms with van der Waals surface area (Å²) in [6, 6.07) is 13.2. The number of rotatable bonds is 8. The Kier molecular flexibility index (Phi) is 7.54. The summed E-state index contributed by atoms with van der Waals surface area (Å²) >= 11 is 3.40. The standard InChI is InChI=1S/C22H25BrN6O3S/c1-15-6-9-18(10-7-15)33(30,31)32-19-11-8-17(23)12-16(19)14-24-27-20-13-21(28(2)3)26-22(25-20)29(4)5/h6-14H,1-5H3,(H,25,26,27)/b24-14-. The van der Waals surface area contributed by atoms with Gasteiger partial charge in [-0.2, -0.15) is 23.5 Å². The van der Waals surface area contributed by atoms with E-state index in [0.29, 0.717) is 23.1 Å². The van der Waals surface area contributed by atoms with Crippen LogP contribution in [0.5, 0.6) is 5.75 Å². The number of aryl methyl sites for hydroxylation is 1. The van der Waals surface area contributed by atoms with Gasteiger partial charge in [0.15, 0.2) is 11.6 Å². The number of halogens is 1. The van der Waals surface area contributed by atoms with Gasteiger partial charge in [-0.25, -0.2) is 0 Å². The van der Waals surface area contributed by atoms with Gasteiger partial charge < -0.3 is 14.0 Å². The van der Waals surface area contributed by atoms with E-state index in [4.69, 9.17) is 4.18 Å². The van der Waals surface area contributed by atoms with Crippen molar-refractivity contribution in [2.75, 3.05) is 43.4 Å². The largest absolute Gasteiger partial charge is 0.378 e. The van der Waals surface area contributed by atoms with Gasteiger partial charge in [0, 0.05) is 44.3 Å². The lowest BCUT2D eigenvalue weighted by molar-refractivity contribution is 0.485. The minimum Gasteiger partial charge on any atom is -0.378 e. The van der Waals surface area contributed by atoms with Crippen molar-refractivity contribution in [3.63, 3.8) is 0 Å². The van der Waals surface area contributed by atoms with Crippen LogP contribution in [0, 0.1) is 6.92 Å². The molecule has 3 rings (SSSR count). The number of hydrogen-bond donors (Lipinski definition) is 1. The summed E-state index contributed by atoms with van der Waals surface area (Å²) in [6.07, 6.45) is 1.47. The van der Waals surface area contributed by atoms with E-state index >= 15 is 0 Å². The van der Waals surface area contributed by atoms with E-state index in [1.165, 1.54) is 18.3 Å². The number of benzene rings is 2. The van der Waals surface area contributed by atoms with E-state index in [9.17, 15) is 8.42 Å². The molecule has 0 unspecified atom stereocenters. The van der Waals surface area contributed by atoms with Crippen LogP contribution < -0.4 is 19.4 Å². The Balaban J connectivity index is 1.86. The summed E-state index contributed by atoms with van der Waals surface area (Å²) in [7, 11) is 3.46. The lowest BCUT2D eigenvalue weighted by Gasteiger charge is -2.17. The number of nitrogens with one attached hydrogen (secondary N) is 1. The van der Waals surface area contributed by atoms with Gasteiger partial charge in [0.2, 0.25) is 5.95 Å². The molecule has 9 nitrogen and oxygen atoms in total. The van der Waals surface area contributed by atoms with Crippen molar-refractivity contribution in [1.82, 2.24) is 9.97 Å². The zero-order valence-electron chi connectivity index (χ0n) is 18.9. The van der Waals surface area contributed by atoms with Crippen LogP contribution in [0.25, 0.3) is 0 Å². The second kappa shape index (κ2) is 10.2. The molecule has 2 aromatic carbocycles. The molecule has 174 valence electrons. The van der Waals surface area contributed by atoms with Crippen molar-refractivity contribution in [3.8, 4) is 5.75 Å². The molecular formula is C22H25BrN6O3S. The maximum atomic E-state index is 12.7. The molecule has 0 bridgehead atoms. The number of hydrazone groups is 1. The van der Waals surface area contributed by atoms with E-state index in [-0.39, 0.29) is 10.6 Å². The summed E-state index contributed by atoms with van der Waals surface area (Å²) in [5, 5.41) is 4.23. The molecule has 0 aliphatic heterocycles. The smallest absolute Gasteiger partial charge is 0.339 e. The molecule has 1 aromatic heterocycles. The molecule has 0 radical (unpaired) electrons. The van der Waals surface area contributed by atoms with Crippen LogP contribution in [-0.4, -0.2) is 52.8 Å². The Bertz CT molecular complexity index is 1240. The van der Waals surface area contributed by atoms with Crippen LogP contribution in [0.1, 0.15) is 11.1 Å². The molecule has 11 heteroatoms. The van der Waals surface area contributed by atoms with Gasteiger partial charge in [0.1, 0.15) is 10.7 Å². The maximum absolute atomic E-state index is 12.7. The van der Waals surface area contributed by atoms with Gasteiger partial charge in [0.25, 0.3) is 0 Å². The fourth-order valence-electron chi connectivity index (χ4n) is 2.64. The Morgan fingerprint density at radius 2 is 1.70 bits per heavy atom. The zero-order chi connectivity index (χ0) is 24.2. The highest BCUT2D eigenvalue weighted by molar-refractivity contribution is 9.10. The van der Waals surface area contributed by atoms with Crippen LogP contribution in [0.15, 0.2) is 63.0 Å². The molecule has 1 heterocycles. The second-order valence-corrected chi connectivity index (χ2v) is 10.1. The molecule has 0 saturated heterocycles. The molecule has 0 aliphatic rings. The van der Waals surface area contributed by atoms with Crippen LogP contribution >= 0.6 is 15.9 Å². The zero-order valence-corrected chi connectivity index (χ0v) is 21.3. The van der Waals surface area contributed by atoms with Gasteiger partial charge in [-0.15, -0.1) is 0 Å². The molecular weight excluding hydrogens is 508 g/mol. The Morgan fingerprint density at radius 1 is 1.00 bits per heavy atom.